The molecule has 1 aromatic carbocycles. The zero-order valence-electron chi connectivity index (χ0n) is 14.3. The number of ether oxygens (including phenoxy) is 2. The summed E-state index contributed by atoms with van der Waals surface area (Å²) < 4.78 is 39.3. The third kappa shape index (κ3) is 3.19. The van der Waals surface area contributed by atoms with Gasteiger partial charge in [-0.25, -0.2) is 23.1 Å². The number of nitrogens with one attached hydrogen (secondary N) is 2. The second kappa shape index (κ2) is 6.73. The summed E-state index contributed by atoms with van der Waals surface area (Å²) in [7, 11) is -1.88. The van der Waals surface area contributed by atoms with Crippen LogP contribution in [-0.4, -0.2) is 44.7 Å². The van der Waals surface area contributed by atoms with Crippen LogP contribution in [0.25, 0.3) is 0 Å². The van der Waals surface area contributed by atoms with Crippen molar-refractivity contribution in [3.05, 3.63) is 36.3 Å². The zero-order chi connectivity index (χ0) is 18.1. The van der Waals surface area contributed by atoms with Crippen LogP contribution in [0.2, 0.25) is 0 Å². The van der Waals surface area contributed by atoms with Crippen LogP contribution in [0.5, 0.6) is 11.5 Å². The first-order valence-electron chi connectivity index (χ1n) is 8.47. The maximum atomic E-state index is 12.8. The van der Waals surface area contributed by atoms with Crippen LogP contribution in [0.4, 0.5) is 5.82 Å². The third-order valence-electron chi connectivity index (χ3n) is 4.64. The third-order valence-corrected chi connectivity index (χ3v) is 6.19. The molecule has 1 aliphatic carbocycles. The Hall–Kier alpha value is -2.39. The van der Waals surface area contributed by atoms with Crippen LogP contribution in [0.3, 0.4) is 0 Å². The normalized spacial score (nSPS) is 21.7. The summed E-state index contributed by atoms with van der Waals surface area (Å²) in [5, 5.41) is 2.98. The summed E-state index contributed by atoms with van der Waals surface area (Å²) in [6.45, 7) is 0.758. The highest BCUT2D eigenvalue weighted by atomic mass is 32.2. The number of nitrogens with zero attached hydrogens (tertiary/aromatic N) is 2. The first kappa shape index (κ1) is 17.0. The van der Waals surface area contributed by atoms with Gasteiger partial charge in [0.05, 0.1) is 0 Å². The molecular weight excluding hydrogens is 356 g/mol. The van der Waals surface area contributed by atoms with Crippen molar-refractivity contribution in [3.63, 3.8) is 0 Å². The fourth-order valence-electron chi connectivity index (χ4n) is 3.23. The summed E-state index contributed by atoms with van der Waals surface area (Å²) in [5.41, 5.74) is 0.925. The van der Waals surface area contributed by atoms with E-state index in [1.54, 1.807) is 19.2 Å². The van der Waals surface area contributed by atoms with Gasteiger partial charge in [-0.2, -0.15) is 0 Å². The van der Waals surface area contributed by atoms with E-state index in [1.165, 1.54) is 12.4 Å². The Bertz CT molecular complexity index is 913. The SMILES string of the molecule is CNc1cc(C2CC(NS(=O)(=O)c3cccc4c3OCCO4)C2)ncn1. The molecule has 0 amide bonds. The highest BCUT2D eigenvalue weighted by molar-refractivity contribution is 7.89. The molecule has 9 heteroatoms. The minimum Gasteiger partial charge on any atom is -0.486 e. The lowest BCUT2D eigenvalue weighted by atomic mass is 9.78. The summed E-state index contributed by atoms with van der Waals surface area (Å²) >= 11 is 0. The van der Waals surface area contributed by atoms with Gasteiger partial charge in [0.15, 0.2) is 11.5 Å². The van der Waals surface area contributed by atoms with Crippen molar-refractivity contribution in [1.82, 2.24) is 14.7 Å². The van der Waals surface area contributed by atoms with Gasteiger partial charge in [-0.15, -0.1) is 0 Å². The molecule has 8 nitrogen and oxygen atoms in total. The van der Waals surface area contributed by atoms with E-state index in [4.69, 9.17) is 9.47 Å². The van der Waals surface area contributed by atoms with Crippen molar-refractivity contribution in [1.29, 1.82) is 0 Å². The molecule has 138 valence electrons. The van der Waals surface area contributed by atoms with Crippen LogP contribution in [0.1, 0.15) is 24.5 Å². The van der Waals surface area contributed by atoms with E-state index in [0.717, 1.165) is 11.5 Å². The Morgan fingerprint density at radius 2 is 1.96 bits per heavy atom. The van der Waals surface area contributed by atoms with Crippen molar-refractivity contribution in [2.45, 2.75) is 29.7 Å². The smallest absolute Gasteiger partial charge is 0.244 e. The molecule has 2 heterocycles. The topological polar surface area (TPSA) is 102 Å². The molecule has 1 aromatic heterocycles. The fraction of sp³-hybridized carbons (Fsp3) is 0.412. The highest BCUT2D eigenvalue weighted by Gasteiger charge is 2.36. The first-order valence-corrected chi connectivity index (χ1v) is 9.96. The molecule has 2 N–H and O–H groups in total. The van der Waals surface area contributed by atoms with Crippen LogP contribution in [0.15, 0.2) is 35.5 Å². The van der Waals surface area contributed by atoms with Crippen molar-refractivity contribution >= 4 is 15.8 Å². The summed E-state index contributed by atoms with van der Waals surface area (Å²) in [6.07, 6.45) is 2.92. The lowest BCUT2D eigenvalue weighted by Gasteiger charge is -2.35. The Labute approximate surface area is 152 Å². The number of hydrogen-bond donors (Lipinski definition) is 2. The summed E-state index contributed by atoms with van der Waals surface area (Å²) in [5.74, 6) is 1.73. The molecular formula is C17H20N4O4S. The highest BCUT2D eigenvalue weighted by Crippen LogP contribution is 2.39. The molecule has 0 atom stereocenters. The molecule has 1 saturated carbocycles. The summed E-state index contributed by atoms with van der Waals surface area (Å²) in [6, 6.07) is 6.68. The molecule has 0 saturated heterocycles. The number of fused-ring (bicyclic) bond motifs is 1. The van der Waals surface area contributed by atoms with E-state index in [9.17, 15) is 8.42 Å². The number of hydrogen-bond acceptors (Lipinski definition) is 7. The molecule has 2 aromatic rings. The molecule has 4 rings (SSSR count). The molecule has 2 aliphatic rings. The second-order valence-corrected chi connectivity index (χ2v) is 8.03. The lowest BCUT2D eigenvalue weighted by molar-refractivity contribution is 0.167. The lowest BCUT2D eigenvalue weighted by Crippen LogP contribution is -2.43. The van der Waals surface area contributed by atoms with Crippen molar-refractivity contribution < 1.29 is 17.9 Å². The van der Waals surface area contributed by atoms with Crippen LogP contribution in [0, 0.1) is 0 Å². The summed E-state index contributed by atoms with van der Waals surface area (Å²) in [4.78, 5) is 8.51. The first-order chi connectivity index (χ1) is 12.6. The average molecular weight is 376 g/mol. The van der Waals surface area contributed by atoms with E-state index in [0.29, 0.717) is 31.8 Å². The van der Waals surface area contributed by atoms with Gasteiger partial charge in [0.25, 0.3) is 0 Å². The van der Waals surface area contributed by atoms with Gasteiger partial charge in [-0.05, 0) is 25.0 Å². The zero-order valence-corrected chi connectivity index (χ0v) is 15.1. The molecule has 1 fully saturated rings. The second-order valence-electron chi connectivity index (χ2n) is 6.34. The van der Waals surface area contributed by atoms with Crippen molar-refractivity contribution in [2.24, 2.45) is 0 Å². The van der Waals surface area contributed by atoms with E-state index in [1.807, 2.05) is 6.07 Å². The Morgan fingerprint density at radius 1 is 1.15 bits per heavy atom. The minimum absolute atomic E-state index is 0.123. The Morgan fingerprint density at radius 3 is 2.77 bits per heavy atom. The van der Waals surface area contributed by atoms with Crippen LogP contribution >= 0.6 is 0 Å². The minimum atomic E-state index is -3.68. The maximum Gasteiger partial charge on any atom is 0.244 e. The molecule has 0 spiro atoms. The van der Waals surface area contributed by atoms with Gasteiger partial charge in [0.2, 0.25) is 10.0 Å². The standard InChI is InChI=1S/C17H20N4O4S/c1-18-16-9-13(19-10-20-16)11-7-12(8-11)21-26(22,23)15-4-2-3-14-17(15)25-6-5-24-14/h2-4,9-12,21H,5-8H2,1H3,(H,18,19,20). The maximum absolute atomic E-state index is 12.8. The molecule has 26 heavy (non-hydrogen) atoms. The van der Waals surface area contributed by atoms with Crippen LogP contribution < -0.4 is 19.5 Å². The molecule has 0 radical (unpaired) electrons. The van der Waals surface area contributed by atoms with Gasteiger partial charge >= 0.3 is 0 Å². The number of para-hydroxylation sites is 1. The van der Waals surface area contributed by atoms with Gasteiger partial charge in [0.1, 0.15) is 30.3 Å². The quantitative estimate of drug-likeness (QED) is 0.815. The van der Waals surface area contributed by atoms with Gasteiger partial charge in [-0.3, -0.25) is 0 Å². The van der Waals surface area contributed by atoms with Gasteiger partial charge < -0.3 is 14.8 Å². The van der Waals surface area contributed by atoms with E-state index in [2.05, 4.69) is 20.0 Å². The van der Waals surface area contributed by atoms with E-state index >= 15 is 0 Å². The number of sulfonamides is 1. The monoisotopic (exact) mass is 376 g/mol. The van der Waals surface area contributed by atoms with E-state index < -0.39 is 10.0 Å². The predicted octanol–water partition coefficient (Wildman–Crippen LogP) is 1.51. The van der Waals surface area contributed by atoms with Crippen molar-refractivity contribution in [3.8, 4) is 11.5 Å². The Balaban J connectivity index is 1.45. The number of anilines is 1. The fourth-order valence-corrected chi connectivity index (χ4v) is 4.65. The molecule has 0 bridgehead atoms. The molecule has 1 aliphatic heterocycles. The average Bonchev–Trinajstić information content (AvgIpc) is 2.64. The number of aromatic nitrogens is 2. The van der Waals surface area contributed by atoms with Crippen LogP contribution in [-0.2, 0) is 10.0 Å². The van der Waals surface area contributed by atoms with Gasteiger partial charge in [-0.1, -0.05) is 6.07 Å². The van der Waals surface area contributed by atoms with Crippen molar-refractivity contribution in [2.75, 3.05) is 25.6 Å². The van der Waals surface area contributed by atoms with Gasteiger partial charge in [0, 0.05) is 30.8 Å². The van der Waals surface area contributed by atoms with E-state index in [-0.39, 0.29) is 22.6 Å². The molecule has 0 unspecified atom stereocenters. The Kier molecular flexibility index (Phi) is 4.41. The largest absolute Gasteiger partial charge is 0.486 e. The number of rotatable bonds is 5. The predicted molar refractivity (Wildman–Crippen MR) is 95.1 cm³/mol. The number of benzene rings is 1.